The molecule has 0 N–H and O–H groups in total. The first-order chi connectivity index (χ1) is 9.96. The van der Waals surface area contributed by atoms with Gasteiger partial charge in [-0.2, -0.15) is 0 Å². The third-order valence-corrected chi connectivity index (χ3v) is 9.33. The van der Waals surface area contributed by atoms with Gasteiger partial charge in [-0.15, -0.1) is 6.58 Å². The highest BCUT2D eigenvalue weighted by Crippen LogP contribution is 2.55. The maximum atomic E-state index is 11.9. The third-order valence-electron chi connectivity index (χ3n) is 4.08. The Kier molecular flexibility index (Phi) is 6.04. The van der Waals surface area contributed by atoms with Crippen LogP contribution >= 0.6 is 0 Å². The molecule has 0 radical (unpaired) electrons. The van der Waals surface area contributed by atoms with Gasteiger partial charge in [0, 0.05) is 16.5 Å². The summed E-state index contributed by atoms with van der Waals surface area (Å²) in [4.78, 5) is 11.9. The van der Waals surface area contributed by atoms with Crippen LogP contribution in [0.15, 0.2) is 12.7 Å². The molecule has 1 saturated heterocycles. The van der Waals surface area contributed by atoms with Crippen molar-refractivity contribution in [3.63, 3.8) is 0 Å². The molecule has 1 aliphatic heterocycles. The molecule has 22 heavy (non-hydrogen) atoms. The number of carbonyl (C=O) groups is 1. The van der Waals surface area contributed by atoms with Gasteiger partial charge in [-0.3, -0.25) is 4.79 Å². The van der Waals surface area contributed by atoms with E-state index in [1.54, 1.807) is 0 Å². The smallest absolute Gasteiger partial charge is 0.350 e. The molecule has 1 rings (SSSR count). The van der Waals surface area contributed by atoms with E-state index in [-0.39, 0.29) is 34.7 Å². The molecule has 0 aromatic carbocycles. The highest BCUT2D eigenvalue weighted by Gasteiger charge is 2.61. The first-order valence-electron chi connectivity index (χ1n) is 8.10. The molecule has 0 saturated carbocycles. The number of esters is 1. The van der Waals surface area contributed by atoms with Crippen LogP contribution in [0.25, 0.3) is 0 Å². The fourth-order valence-corrected chi connectivity index (χ4v) is 8.33. The van der Waals surface area contributed by atoms with Crippen molar-refractivity contribution in [2.45, 2.75) is 83.6 Å². The van der Waals surface area contributed by atoms with E-state index in [2.05, 4.69) is 48.1 Å². The lowest BCUT2D eigenvalue weighted by Crippen LogP contribution is -2.63. The molecule has 2 atom stereocenters. The van der Waals surface area contributed by atoms with Gasteiger partial charge in [0.2, 0.25) is 0 Å². The Morgan fingerprint density at radius 1 is 1.23 bits per heavy atom. The topological polar surface area (TPSA) is 44.8 Å². The molecule has 0 spiro atoms. The summed E-state index contributed by atoms with van der Waals surface area (Å²) in [5.41, 5.74) is 0. The molecule has 4 nitrogen and oxygen atoms in total. The van der Waals surface area contributed by atoms with Crippen molar-refractivity contribution in [3.8, 4) is 0 Å². The van der Waals surface area contributed by atoms with E-state index in [9.17, 15) is 4.79 Å². The van der Waals surface area contributed by atoms with E-state index in [0.29, 0.717) is 13.0 Å². The Morgan fingerprint density at radius 2 is 1.77 bits per heavy atom. The zero-order chi connectivity index (χ0) is 17.2. The van der Waals surface area contributed by atoms with Crippen LogP contribution in [0.1, 0.15) is 61.3 Å². The molecule has 0 aromatic rings. The molecule has 1 aliphatic rings. The first kappa shape index (κ1) is 19.4. The van der Waals surface area contributed by atoms with Gasteiger partial charge in [0.05, 0.1) is 25.2 Å². The summed E-state index contributed by atoms with van der Waals surface area (Å²) in [7, 11) is -2.60. The third kappa shape index (κ3) is 4.00. The highest BCUT2D eigenvalue weighted by atomic mass is 28.4. The zero-order valence-electron chi connectivity index (χ0n) is 15.2. The minimum atomic E-state index is -2.60. The average molecular weight is 329 g/mol. The monoisotopic (exact) mass is 328 g/mol. The largest absolute Gasteiger partial charge is 0.466 e. The lowest BCUT2D eigenvalue weighted by Gasteiger charge is -2.54. The Balaban J connectivity index is 3.11. The Bertz CT molecular complexity index is 392. The van der Waals surface area contributed by atoms with Crippen molar-refractivity contribution < 1.29 is 18.4 Å². The molecule has 5 heteroatoms. The van der Waals surface area contributed by atoms with Crippen molar-refractivity contribution in [1.29, 1.82) is 0 Å². The molecular formula is C17H32O4Si. The van der Waals surface area contributed by atoms with Gasteiger partial charge >= 0.3 is 14.5 Å². The van der Waals surface area contributed by atoms with Gasteiger partial charge in [-0.05, 0) is 6.92 Å². The normalized spacial score (nSPS) is 25.6. The molecule has 128 valence electrons. The van der Waals surface area contributed by atoms with Crippen LogP contribution in [0.4, 0.5) is 0 Å². The van der Waals surface area contributed by atoms with Crippen LogP contribution in [0.5, 0.6) is 0 Å². The second kappa shape index (κ2) is 6.85. The molecular weight excluding hydrogens is 296 g/mol. The van der Waals surface area contributed by atoms with Gasteiger partial charge in [0.25, 0.3) is 0 Å². The van der Waals surface area contributed by atoms with Crippen LogP contribution in [-0.2, 0) is 18.4 Å². The lowest BCUT2D eigenvalue weighted by atomic mass is 10.1. The number of hydrogen-bond donors (Lipinski definition) is 0. The number of rotatable bonds is 4. The van der Waals surface area contributed by atoms with Gasteiger partial charge in [0.1, 0.15) is 0 Å². The minimum absolute atomic E-state index is 0.0710. The van der Waals surface area contributed by atoms with Crippen LogP contribution < -0.4 is 0 Å². The SMILES string of the molecule is C=C[C@H]1C[C@@H](CC(=O)OCC)O[Si](C(C)(C)C)(C(C)(C)C)O1. The van der Waals surface area contributed by atoms with Gasteiger partial charge < -0.3 is 13.6 Å². The quantitative estimate of drug-likeness (QED) is 0.437. The molecule has 0 aromatic heterocycles. The van der Waals surface area contributed by atoms with Gasteiger partial charge in [0.15, 0.2) is 0 Å². The predicted molar refractivity (Wildman–Crippen MR) is 91.0 cm³/mol. The lowest BCUT2D eigenvalue weighted by molar-refractivity contribution is -0.146. The molecule has 0 bridgehead atoms. The fourth-order valence-electron chi connectivity index (χ4n) is 3.34. The summed E-state index contributed by atoms with van der Waals surface area (Å²) in [6.07, 6.45) is 2.53. The predicted octanol–water partition coefficient (Wildman–Crippen LogP) is 4.34. The van der Waals surface area contributed by atoms with E-state index >= 15 is 0 Å². The van der Waals surface area contributed by atoms with Crippen LogP contribution in [-0.4, -0.2) is 33.3 Å². The molecule has 1 fully saturated rings. The van der Waals surface area contributed by atoms with E-state index < -0.39 is 8.56 Å². The zero-order valence-corrected chi connectivity index (χ0v) is 16.2. The molecule has 0 unspecified atom stereocenters. The van der Waals surface area contributed by atoms with E-state index in [1.165, 1.54) is 0 Å². The van der Waals surface area contributed by atoms with E-state index in [0.717, 1.165) is 0 Å². The first-order valence-corrected chi connectivity index (χ1v) is 9.92. The van der Waals surface area contributed by atoms with Crippen LogP contribution in [0.2, 0.25) is 10.1 Å². The summed E-state index contributed by atoms with van der Waals surface area (Å²) in [5.74, 6) is -0.206. The van der Waals surface area contributed by atoms with E-state index in [4.69, 9.17) is 13.6 Å². The number of hydrogen-bond acceptors (Lipinski definition) is 4. The van der Waals surface area contributed by atoms with Crippen molar-refractivity contribution in [1.82, 2.24) is 0 Å². The fraction of sp³-hybridized carbons (Fsp3) is 0.824. The van der Waals surface area contributed by atoms with Crippen molar-refractivity contribution in [3.05, 3.63) is 12.7 Å². The summed E-state index contributed by atoms with van der Waals surface area (Å²) in [6.45, 7) is 19.1. The maximum Gasteiger partial charge on any atom is 0.350 e. The Morgan fingerprint density at radius 3 is 2.18 bits per heavy atom. The summed E-state index contributed by atoms with van der Waals surface area (Å²) < 4.78 is 18.1. The van der Waals surface area contributed by atoms with Crippen molar-refractivity contribution in [2.24, 2.45) is 0 Å². The second-order valence-corrected chi connectivity index (χ2v) is 12.7. The number of carbonyl (C=O) groups excluding carboxylic acids is 1. The second-order valence-electron chi connectivity index (χ2n) is 7.99. The van der Waals surface area contributed by atoms with Gasteiger partial charge in [-0.25, -0.2) is 0 Å². The molecule has 0 amide bonds. The molecule has 0 aliphatic carbocycles. The Labute approximate surface area is 136 Å². The minimum Gasteiger partial charge on any atom is -0.466 e. The van der Waals surface area contributed by atoms with Crippen LogP contribution in [0.3, 0.4) is 0 Å². The Hall–Kier alpha value is -0.653. The highest BCUT2D eigenvalue weighted by molar-refractivity contribution is 6.73. The summed E-state index contributed by atoms with van der Waals surface area (Å²) in [6, 6.07) is 0. The van der Waals surface area contributed by atoms with Crippen molar-refractivity contribution >= 4 is 14.5 Å². The van der Waals surface area contributed by atoms with Crippen LogP contribution in [0, 0.1) is 0 Å². The maximum absolute atomic E-state index is 11.9. The summed E-state index contributed by atoms with van der Waals surface area (Å²) in [5, 5.41) is -0.223. The average Bonchev–Trinajstić information content (AvgIpc) is 2.35. The summed E-state index contributed by atoms with van der Waals surface area (Å²) >= 11 is 0. The van der Waals surface area contributed by atoms with Gasteiger partial charge in [-0.1, -0.05) is 47.6 Å². The number of ether oxygens (including phenoxy) is 1. The standard InChI is InChI=1S/C17H32O4Si/c1-9-13-11-14(12-15(18)19-10-2)21-22(20-13,16(3,4)5)17(6,7)8/h9,13-14H,1,10-12H2,2-8H3/t13-,14-/m0/s1. The van der Waals surface area contributed by atoms with Crippen molar-refractivity contribution in [2.75, 3.05) is 6.61 Å². The van der Waals surface area contributed by atoms with E-state index in [1.807, 2.05) is 13.0 Å². The molecule has 1 heterocycles.